The van der Waals surface area contributed by atoms with Gasteiger partial charge in [0.25, 0.3) is 0 Å². The Balaban J connectivity index is 2.08. The van der Waals surface area contributed by atoms with Crippen molar-refractivity contribution in [1.82, 2.24) is 0 Å². The van der Waals surface area contributed by atoms with Gasteiger partial charge in [0.1, 0.15) is 5.75 Å². The van der Waals surface area contributed by atoms with Crippen LogP contribution in [-0.4, -0.2) is 34.0 Å². The number of hydrogen-bond acceptors (Lipinski definition) is 4. The molecule has 0 saturated carbocycles. The van der Waals surface area contributed by atoms with Crippen molar-refractivity contribution in [2.45, 2.75) is 12.8 Å². The van der Waals surface area contributed by atoms with E-state index in [1.54, 1.807) is 0 Å². The van der Waals surface area contributed by atoms with Gasteiger partial charge in [-0.05, 0) is 31.0 Å². The molecule has 1 heterocycles. The highest BCUT2D eigenvalue weighted by Crippen LogP contribution is 2.34. The fourth-order valence-corrected chi connectivity index (χ4v) is 4.47. The molecule has 7 heteroatoms. The molecular formula is C13H16BrClO4S. The van der Waals surface area contributed by atoms with Crippen LogP contribution in [0.3, 0.4) is 0 Å². The van der Waals surface area contributed by atoms with Gasteiger partial charge < -0.3 is 9.47 Å². The summed E-state index contributed by atoms with van der Waals surface area (Å²) in [5, 5.41) is 0. The van der Waals surface area contributed by atoms with Crippen LogP contribution in [0.25, 0.3) is 0 Å². The van der Waals surface area contributed by atoms with E-state index in [4.69, 9.17) is 20.2 Å². The van der Waals surface area contributed by atoms with Crippen LogP contribution in [0.4, 0.5) is 0 Å². The lowest BCUT2D eigenvalue weighted by atomic mass is 9.83. The minimum atomic E-state index is -3.57. The summed E-state index contributed by atoms with van der Waals surface area (Å²) < 4.78 is 34.9. The van der Waals surface area contributed by atoms with Gasteiger partial charge in [0, 0.05) is 33.8 Å². The SMILES string of the molecule is O=S(=O)(Cl)CC1(COc2cccc(Br)c2)CCOCC1. The molecule has 2 rings (SSSR count). The number of benzene rings is 1. The Morgan fingerprint density at radius 3 is 2.65 bits per heavy atom. The van der Waals surface area contributed by atoms with E-state index in [1.165, 1.54) is 0 Å². The van der Waals surface area contributed by atoms with Crippen LogP contribution in [-0.2, 0) is 13.8 Å². The molecule has 0 amide bonds. The molecule has 0 atom stereocenters. The summed E-state index contributed by atoms with van der Waals surface area (Å²) in [5.41, 5.74) is -0.471. The molecule has 0 aliphatic carbocycles. The quantitative estimate of drug-likeness (QED) is 0.733. The summed E-state index contributed by atoms with van der Waals surface area (Å²) in [6, 6.07) is 7.46. The maximum atomic E-state index is 11.4. The molecule has 0 aromatic heterocycles. The van der Waals surface area contributed by atoms with Gasteiger partial charge in [0.05, 0.1) is 12.4 Å². The topological polar surface area (TPSA) is 52.6 Å². The van der Waals surface area contributed by atoms with Crippen LogP contribution in [0.1, 0.15) is 12.8 Å². The number of halogens is 2. The van der Waals surface area contributed by atoms with Gasteiger partial charge in [-0.25, -0.2) is 8.42 Å². The molecule has 4 nitrogen and oxygen atoms in total. The number of hydrogen-bond donors (Lipinski definition) is 0. The third-order valence-corrected chi connectivity index (χ3v) is 5.15. The van der Waals surface area contributed by atoms with Crippen LogP contribution in [0.15, 0.2) is 28.7 Å². The Morgan fingerprint density at radius 2 is 2.05 bits per heavy atom. The van der Waals surface area contributed by atoms with Crippen molar-refractivity contribution in [3.05, 3.63) is 28.7 Å². The molecule has 112 valence electrons. The summed E-state index contributed by atoms with van der Waals surface area (Å²) in [6.45, 7) is 1.39. The largest absolute Gasteiger partial charge is 0.493 e. The third-order valence-electron chi connectivity index (χ3n) is 3.37. The maximum absolute atomic E-state index is 11.4. The Morgan fingerprint density at radius 1 is 1.35 bits per heavy atom. The van der Waals surface area contributed by atoms with E-state index in [1.807, 2.05) is 24.3 Å². The molecule has 0 bridgehead atoms. The molecule has 1 aromatic rings. The second-order valence-electron chi connectivity index (χ2n) is 5.04. The molecule has 0 radical (unpaired) electrons. The van der Waals surface area contributed by atoms with Gasteiger partial charge in [-0.3, -0.25) is 0 Å². The Hall–Kier alpha value is -0.300. The van der Waals surface area contributed by atoms with Gasteiger partial charge >= 0.3 is 0 Å². The third kappa shape index (κ3) is 4.91. The van der Waals surface area contributed by atoms with Crippen LogP contribution in [0, 0.1) is 5.41 Å². The molecule has 0 N–H and O–H groups in total. The lowest BCUT2D eigenvalue weighted by molar-refractivity contribution is 0.00227. The zero-order chi connectivity index (χ0) is 14.6. The van der Waals surface area contributed by atoms with E-state index in [0.717, 1.165) is 4.47 Å². The first-order chi connectivity index (χ1) is 9.39. The zero-order valence-electron chi connectivity index (χ0n) is 10.8. The normalized spacial score (nSPS) is 18.7. The standard InChI is InChI=1S/C13H16BrClO4S/c14-11-2-1-3-12(8-11)19-9-13(10-20(15,16)17)4-6-18-7-5-13/h1-3,8H,4-7,9-10H2. The summed E-state index contributed by atoms with van der Waals surface area (Å²) in [5.74, 6) is 0.621. The molecule has 1 saturated heterocycles. The monoisotopic (exact) mass is 382 g/mol. The van der Waals surface area contributed by atoms with Gasteiger partial charge in [-0.2, -0.15) is 0 Å². The molecular weight excluding hydrogens is 368 g/mol. The van der Waals surface area contributed by atoms with Crippen molar-refractivity contribution in [3.63, 3.8) is 0 Å². The van der Waals surface area contributed by atoms with Crippen molar-refractivity contribution in [1.29, 1.82) is 0 Å². The molecule has 1 fully saturated rings. The van der Waals surface area contributed by atoms with E-state index in [-0.39, 0.29) is 5.75 Å². The summed E-state index contributed by atoms with van der Waals surface area (Å²) in [4.78, 5) is 0. The number of rotatable bonds is 5. The van der Waals surface area contributed by atoms with Crippen LogP contribution < -0.4 is 4.74 Å². The second kappa shape index (κ2) is 6.64. The first kappa shape index (κ1) is 16.1. The highest BCUT2D eigenvalue weighted by molar-refractivity contribution is 9.10. The molecule has 20 heavy (non-hydrogen) atoms. The molecule has 0 unspecified atom stereocenters. The van der Waals surface area contributed by atoms with Crippen molar-refractivity contribution in [2.24, 2.45) is 5.41 Å². The van der Waals surface area contributed by atoms with Crippen molar-refractivity contribution in [3.8, 4) is 5.75 Å². The van der Waals surface area contributed by atoms with E-state index in [0.29, 0.717) is 38.4 Å². The molecule has 1 aliphatic heterocycles. The van der Waals surface area contributed by atoms with E-state index >= 15 is 0 Å². The average molecular weight is 384 g/mol. The summed E-state index contributed by atoms with van der Waals surface area (Å²) in [6.07, 6.45) is 1.26. The van der Waals surface area contributed by atoms with Crippen LogP contribution in [0.2, 0.25) is 0 Å². The molecule has 1 aromatic carbocycles. The van der Waals surface area contributed by atoms with Gasteiger partial charge in [0.2, 0.25) is 9.05 Å². The first-order valence-corrected chi connectivity index (χ1v) is 9.54. The van der Waals surface area contributed by atoms with E-state index in [2.05, 4.69) is 15.9 Å². The van der Waals surface area contributed by atoms with Gasteiger partial charge in [0.15, 0.2) is 0 Å². The zero-order valence-corrected chi connectivity index (χ0v) is 14.0. The lowest BCUT2D eigenvalue weighted by Crippen LogP contribution is -2.40. The Labute approximate surface area is 132 Å². The van der Waals surface area contributed by atoms with E-state index < -0.39 is 14.5 Å². The van der Waals surface area contributed by atoms with Crippen LogP contribution in [0.5, 0.6) is 5.75 Å². The average Bonchev–Trinajstić information content (AvgIpc) is 2.36. The second-order valence-corrected chi connectivity index (χ2v) is 8.73. The molecule has 0 spiro atoms. The highest BCUT2D eigenvalue weighted by Gasteiger charge is 2.37. The predicted octanol–water partition coefficient (Wildman–Crippen LogP) is 3.19. The first-order valence-electron chi connectivity index (χ1n) is 6.27. The fourth-order valence-electron chi connectivity index (χ4n) is 2.29. The fraction of sp³-hybridized carbons (Fsp3) is 0.538. The Kier molecular flexibility index (Phi) is 5.34. The highest BCUT2D eigenvalue weighted by atomic mass is 79.9. The minimum absolute atomic E-state index is 0.0844. The van der Waals surface area contributed by atoms with Crippen molar-refractivity contribution < 1.29 is 17.9 Å². The summed E-state index contributed by atoms with van der Waals surface area (Å²) in [7, 11) is 1.86. The van der Waals surface area contributed by atoms with Crippen LogP contribution >= 0.6 is 26.6 Å². The van der Waals surface area contributed by atoms with Gasteiger partial charge in [-0.15, -0.1) is 0 Å². The predicted molar refractivity (Wildman–Crippen MR) is 81.8 cm³/mol. The lowest BCUT2D eigenvalue weighted by Gasteiger charge is -2.35. The number of ether oxygens (including phenoxy) is 2. The molecule has 1 aliphatic rings. The summed E-state index contributed by atoms with van der Waals surface area (Å²) >= 11 is 3.37. The smallest absolute Gasteiger partial charge is 0.233 e. The van der Waals surface area contributed by atoms with Crippen molar-refractivity contribution in [2.75, 3.05) is 25.6 Å². The Bertz CT molecular complexity index is 555. The maximum Gasteiger partial charge on any atom is 0.233 e. The van der Waals surface area contributed by atoms with Gasteiger partial charge in [-0.1, -0.05) is 22.0 Å². The van der Waals surface area contributed by atoms with E-state index in [9.17, 15) is 8.42 Å². The van der Waals surface area contributed by atoms with Crippen molar-refractivity contribution >= 4 is 35.7 Å². The minimum Gasteiger partial charge on any atom is -0.493 e.